The SMILES string of the molecule is CC12CC34CC56CC(c7cc3c1cc75)C6(C2)C4. The van der Waals surface area contributed by atoms with Gasteiger partial charge in [0.2, 0.25) is 0 Å². The predicted molar refractivity (Wildman–Crippen MR) is 65.4 cm³/mol. The summed E-state index contributed by atoms with van der Waals surface area (Å²) in [5.74, 6) is 0.981. The zero-order chi connectivity index (χ0) is 10.8. The van der Waals surface area contributed by atoms with Gasteiger partial charge in [-0.3, -0.25) is 0 Å². The van der Waals surface area contributed by atoms with E-state index in [0.717, 1.165) is 11.3 Å². The largest absolute Gasteiger partial charge is 0.0555 e. The van der Waals surface area contributed by atoms with Crippen LogP contribution in [0.15, 0.2) is 12.1 Å². The molecule has 0 nitrogen and oxygen atoms in total. The summed E-state index contributed by atoms with van der Waals surface area (Å²) < 4.78 is 0. The lowest BCUT2D eigenvalue weighted by molar-refractivity contribution is -0.0181. The Balaban J connectivity index is 1.89. The highest BCUT2D eigenvalue weighted by Crippen LogP contribution is 2.91. The van der Waals surface area contributed by atoms with Gasteiger partial charge < -0.3 is 0 Å². The van der Waals surface area contributed by atoms with Crippen LogP contribution in [-0.2, 0) is 16.2 Å². The molecule has 6 rings (SSSR count). The Morgan fingerprint density at radius 3 is 2.88 bits per heavy atom. The summed E-state index contributed by atoms with van der Waals surface area (Å²) in [6.07, 6.45) is 7.66. The first-order chi connectivity index (χ1) is 8.13. The third-order valence-corrected chi connectivity index (χ3v) is 8.20. The Kier molecular flexibility index (Phi) is 0.674. The van der Waals surface area contributed by atoms with Crippen molar-refractivity contribution in [3.05, 3.63) is 34.4 Å². The second-order valence-electron chi connectivity index (χ2n) is 8.53. The molecule has 5 bridgehead atoms. The van der Waals surface area contributed by atoms with Crippen molar-refractivity contribution >= 4 is 0 Å². The van der Waals surface area contributed by atoms with E-state index in [-0.39, 0.29) is 0 Å². The molecule has 3 fully saturated rings. The maximum Gasteiger partial charge on any atom is 0.00333 e. The minimum absolute atomic E-state index is 0.568. The number of hydrogen-bond donors (Lipinski definition) is 0. The van der Waals surface area contributed by atoms with Crippen LogP contribution in [0.1, 0.15) is 67.2 Å². The van der Waals surface area contributed by atoms with Gasteiger partial charge in [0.1, 0.15) is 0 Å². The van der Waals surface area contributed by atoms with Crippen molar-refractivity contribution < 1.29 is 0 Å². The summed E-state index contributed by atoms with van der Waals surface area (Å²) >= 11 is 0. The predicted octanol–water partition coefficient (Wildman–Crippen LogP) is 3.52. The minimum atomic E-state index is 0.568. The van der Waals surface area contributed by atoms with Gasteiger partial charge in [0.25, 0.3) is 0 Å². The van der Waals surface area contributed by atoms with E-state index in [1.807, 2.05) is 16.7 Å². The molecule has 0 saturated heterocycles. The fraction of sp³-hybridized carbons (Fsp3) is 0.647. The molecular formula is C17H16. The van der Waals surface area contributed by atoms with Crippen molar-refractivity contribution in [1.29, 1.82) is 0 Å². The van der Waals surface area contributed by atoms with Gasteiger partial charge in [-0.1, -0.05) is 19.1 Å². The normalized spacial score (nSPS) is 63.9. The summed E-state index contributed by atoms with van der Waals surface area (Å²) in [4.78, 5) is 0. The summed E-state index contributed by atoms with van der Waals surface area (Å²) in [6, 6.07) is 5.37. The third kappa shape index (κ3) is 0.403. The fourth-order valence-corrected chi connectivity index (χ4v) is 8.33. The number of hydrogen-bond acceptors (Lipinski definition) is 0. The average molecular weight is 220 g/mol. The Morgan fingerprint density at radius 2 is 1.94 bits per heavy atom. The molecule has 1 aromatic carbocycles. The molecule has 0 radical (unpaired) electrons. The quantitative estimate of drug-likeness (QED) is 0.627. The van der Waals surface area contributed by atoms with Crippen molar-refractivity contribution in [1.82, 2.24) is 0 Å². The van der Waals surface area contributed by atoms with Crippen molar-refractivity contribution in [2.45, 2.75) is 61.2 Å². The number of benzene rings is 1. The molecule has 84 valence electrons. The topological polar surface area (TPSA) is 0 Å². The van der Waals surface area contributed by atoms with Crippen LogP contribution in [0.3, 0.4) is 0 Å². The maximum absolute atomic E-state index is 2.69. The molecule has 3 saturated carbocycles. The molecule has 17 heavy (non-hydrogen) atoms. The molecule has 0 aromatic heterocycles. The standard InChI is InChI=1S/C17H16/c1-14-5-15-7-16-4-13(17(16,6-14)8-15)9-2-12(15)11(14)3-10(9)16/h2-3,13H,4-8H2,1H3. The van der Waals surface area contributed by atoms with E-state index >= 15 is 0 Å². The second-order valence-corrected chi connectivity index (χ2v) is 8.53. The maximum atomic E-state index is 2.69. The Morgan fingerprint density at radius 1 is 1.00 bits per heavy atom. The lowest BCUT2D eigenvalue weighted by atomic mass is 9.45. The molecule has 5 unspecified atom stereocenters. The van der Waals surface area contributed by atoms with Crippen LogP contribution in [0.5, 0.6) is 0 Å². The monoisotopic (exact) mass is 220 g/mol. The molecule has 5 aliphatic rings. The minimum Gasteiger partial charge on any atom is -0.0555 e. The first kappa shape index (κ1) is 7.61. The van der Waals surface area contributed by atoms with Gasteiger partial charge in [-0.05, 0) is 76.5 Å². The fourth-order valence-electron chi connectivity index (χ4n) is 8.33. The van der Waals surface area contributed by atoms with E-state index in [0.29, 0.717) is 16.2 Å². The summed E-state index contributed by atoms with van der Waals surface area (Å²) in [5.41, 5.74) is 9.90. The highest BCUT2D eigenvalue weighted by atomic mass is 14.9. The van der Waals surface area contributed by atoms with Gasteiger partial charge >= 0.3 is 0 Å². The summed E-state index contributed by atoms with van der Waals surface area (Å²) in [5, 5.41) is 0. The number of rotatable bonds is 0. The smallest absolute Gasteiger partial charge is 0.00333 e. The van der Waals surface area contributed by atoms with Gasteiger partial charge in [-0.15, -0.1) is 0 Å². The lowest BCUT2D eigenvalue weighted by Crippen LogP contribution is -2.52. The molecule has 0 heterocycles. The van der Waals surface area contributed by atoms with Crippen LogP contribution in [0, 0.1) is 5.41 Å². The molecule has 1 aromatic rings. The lowest BCUT2D eigenvalue weighted by Gasteiger charge is -2.58. The molecule has 2 spiro atoms. The van der Waals surface area contributed by atoms with Crippen molar-refractivity contribution in [2.75, 3.05) is 0 Å². The van der Waals surface area contributed by atoms with Crippen LogP contribution in [-0.4, -0.2) is 0 Å². The third-order valence-electron chi connectivity index (χ3n) is 8.20. The van der Waals surface area contributed by atoms with Crippen LogP contribution in [0.25, 0.3) is 0 Å². The van der Waals surface area contributed by atoms with Gasteiger partial charge in [-0.25, -0.2) is 0 Å². The Labute approximate surface area is 101 Å². The van der Waals surface area contributed by atoms with Crippen LogP contribution in [0.4, 0.5) is 0 Å². The first-order valence-corrected chi connectivity index (χ1v) is 7.32. The molecule has 5 atom stereocenters. The average Bonchev–Trinajstić information content (AvgIpc) is 2.72. The van der Waals surface area contributed by atoms with Crippen LogP contribution < -0.4 is 0 Å². The zero-order valence-corrected chi connectivity index (χ0v) is 10.3. The molecule has 0 amide bonds. The van der Waals surface area contributed by atoms with Gasteiger partial charge in [0.05, 0.1) is 0 Å². The molecule has 0 N–H and O–H groups in total. The summed E-state index contributed by atoms with van der Waals surface area (Å²) in [6.45, 7) is 2.58. The van der Waals surface area contributed by atoms with Gasteiger partial charge in [0.15, 0.2) is 0 Å². The Bertz CT molecular complexity index is 686. The first-order valence-electron chi connectivity index (χ1n) is 7.32. The van der Waals surface area contributed by atoms with Crippen molar-refractivity contribution in [3.63, 3.8) is 0 Å². The van der Waals surface area contributed by atoms with Gasteiger partial charge in [0, 0.05) is 5.41 Å². The van der Waals surface area contributed by atoms with E-state index in [1.54, 1.807) is 12.0 Å². The van der Waals surface area contributed by atoms with Crippen LogP contribution in [0.2, 0.25) is 0 Å². The molecule has 0 heteroatoms. The molecular weight excluding hydrogens is 204 g/mol. The van der Waals surface area contributed by atoms with Crippen LogP contribution >= 0.6 is 0 Å². The van der Waals surface area contributed by atoms with Crippen molar-refractivity contribution in [2.24, 2.45) is 5.41 Å². The van der Waals surface area contributed by atoms with E-state index in [4.69, 9.17) is 0 Å². The van der Waals surface area contributed by atoms with E-state index in [1.165, 1.54) is 25.7 Å². The molecule has 5 aliphatic carbocycles. The molecule has 0 aliphatic heterocycles. The second kappa shape index (κ2) is 1.51. The number of fused-ring (bicyclic) bond motifs is 5. The van der Waals surface area contributed by atoms with E-state index in [2.05, 4.69) is 19.1 Å². The van der Waals surface area contributed by atoms with E-state index in [9.17, 15) is 0 Å². The van der Waals surface area contributed by atoms with Gasteiger partial charge in [-0.2, -0.15) is 0 Å². The Hall–Kier alpha value is -0.780. The summed E-state index contributed by atoms with van der Waals surface area (Å²) in [7, 11) is 0. The van der Waals surface area contributed by atoms with Crippen molar-refractivity contribution in [3.8, 4) is 0 Å². The zero-order valence-electron chi connectivity index (χ0n) is 10.3. The van der Waals surface area contributed by atoms with E-state index < -0.39 is 0 Å². The highest BCUT2D eigenvalue weighted by Gasteiger charge is 2.85. The highest BCUT2D eigenvalue weighted by molar-refractivity contribution is 5.71.